The number of carbonyl (C=O) groups is 2. The highest BCUT2D eigenvalue weighted by Gasteiger charge is 2.31. The molecule has 2 aliphatic heterocycles. The summed E-state index contributed by atoms with van der Waals surface area (Å²) in [7, 11) is 0. The minimum Gasteiger partial charge on any atom is -0.342 e. The summed E-state index contributed by atoms with van der Waals surface area (Å²) >= 11 is 0. The molecule has 0 N–H and O–H groups in total. The van der Waals surface area contributed by atoms with Crippen molar-refractivity contribution in [3.05, 3.63) is 40.4 Å². The molecule has 2 aromatic rings. The normalized spacial score (nSPS) is 20.0. The van der Waals surface area contributed by atoms with Gasteiger partial charge in [-0.2, -0.15) is 0 Å². The van der Waals surface area contributed by atoms with Gasteiger partial charge in [-0.3, -0.25) is 19.0 Å². The topological polar surface area (TPSA) is 75.5 Å². The number of carbonyl (C=O) groups excluding carboxylic acids is 2. The lowest BCUT2D eigenvalue weighted by atomic mass is 9.96. The zero-order valence-electron chi connectivity index (χ0n) is 18.4. The van der Waals surface area contributed by atoms with Gasteiger partial charge in [0.2, 0.25) is 11.8 Å². The third kappa shape index (κ3) is 4.81. The van der Waals surface area contributed by atoms with Gasteiger partial charge in [0.15, 0.2) is 0 Å². The van der Waals surface area contributed by atoms with Gasteiger partial charge >= 0.3 is 0 Å². The van der Waals surface area contributed by atoms with Crippen LogP contribution < -0.4 is 5.56 Å². The van der Waals surface area contributed by atoms with Crippen LogP contribution in [0.15, 0.2) is 29.1 Å². The Bertz CT molecular complexity index is 1010. The number of hydrogen-bond acceptors (Lipinski definition) is 4. The van der Waals surface area contributed by atoms with E-state index in [-0.39, 0.29) is 29.7 Å². The standard InChI is InChI=1S/C24H32N4O3/c1-18-25-21-11-5-4-10-20(21)24(31)28(18)16-12-22(29)27-15-8-9-19(17-27)23(30)26-13-6-2-3-7-14-26/h4-5,10-11,19H,2-3,6-9,12-17H2,1H3/t19-/m0/s1. The molecule has 3 heterocycles. The van der Waals surface area contributed by atoms with E-state index >= 15 is 0 Å². The first-order valence-corrected chi connectivity index (χ1v) is 11.6. The van der Waals surface area contributed by atoms with Gasteiger partial charge in [0, 0.05) is 39.1 Å². The molecule has 0 aliphatic carbocycles. The smallest absolute Gasteiger partial charge is 0.261 e. The van der Waals surface area contributed by atoms with Crippen LogP contribution in [-0.4, -0.2) is 57.3 Å². The van der Waals surface area contributed by atoms with Crippen molar-refractivity contribution in [1.29, 1.82) is 0 Å². The fraction of sp³-hybridized carbons (Fsp3) is 0.583. The first kappa shape index (κ1) is 21.5. The predicted molar refractivity (Wildman–Crippen MR) is 120 cm³/mol. The molecule has 2 aliphatic rings. The molecule has 0 saturated carbocycles. The molecular weight excluding hydrogens is 392 g/mol. The number of rotatable bonds is 4. The molecule has 2 fully saturated rings. The molecule has 1 aromatic carbocycles. The zero-order valence-corrected chi connectivity index (χ0v) is 18.4. The predicted octanol–water partition coefficient (Wildman–Crippen LogP) is 2.74. The highest BCUT2D eigenvalue weighted by molar-refractivity contribution is 5.81. The number of piperidine rings is 1. The van der Waals surface area contributed by atoms with Gasteiger partial charge in [0.25, 0.3) is 5.56 Å². The second kappa shape index (κ2) is 9.62. The van der Waals surface area contributed by atoms with E-state index in [2.05, 4.69) is 4.98 Å². The van der Waals surface area contributed by atoms with Gasteiger partial charge in [-0.05, 0) is 44.7 Å². The third-order valence-electron chi connectivity index (χ3n) is 6.64. The van der Waals surface area contributed by atoms with Crippen LogP contribution in [-0.2, 0) is 16.1 Å². The summed E-state index contributed by atoms with van der Waals surface area (Å²) in [6.07, 6.45) is 6.50. The SMILES string of the molecule is Cc1nc2ccccc2c(=O)n1CCC(=O)N1CCC[C@H](C(=O)N2CCCCCC2)C1. The molecule has 0 radical (unpaired) electrons. The Morgan fingerprint density at radius 1 is 1.00 bits per heavy atom. The first-order chi connectivity index (χ1) is 15.0. The first-order valence-electron chi connectivity index (χ1n) is 11.6. The van der Waals surface area contributed by atoms with Crippen LogP contribution in [0.3, 0.4) is 0 Å². The van der Waals surface area contributed by atoms with Crippen molar-refractivity contribution < 1.29 is 9.59 Å². The van der Waals surface area contributed by atoms with Crippen LogP contribution in [0.4, 0.5) is 0 Å². The number of aromatic nitrogens is 2. The Hall–Kier alpha value is -2.70. The van der Waals surface area contributed by atoms with Crippen LogP contribution in [0.25, 0.3) is 10.9 Å². The van der Waals surface area contributed by atoms with E-state index < -0.39 is 0 Å². The van der Waals surface area contributed by atoms with E-state index in [4.69, 9.17) is 0 Å². The zero-order chi connectivity index (χ0) is 21.8. The van der Waals surface area contributed by atoms with Crippen LogP contribution >= 0.6 is 0 Å². The van der Waals surface area contributed by atoms with Crippen molar-refractivity contribution in [3.8, 4) is 0 Å². The van der Waals surface area contributed by atoms with Crippen LogP contribution in [0, 0.1) is 12.8 Å². The highest BCUT2D eigenvalue weighted by atomic mass is 16.2. The number of nitrogens with zero attached hydrogens (tertiary/aromatic N) is 4. The molecule has 2 amide bonds. The van der Waals surface area contributed by atoms with Gasteiger partial charge in [-0.25, -0.2) is 4.98 Å². The van der Waals surface area contributed by atoms with E-state index in [0.29, 0.717) is 36.4 Å². The van der Waals surface area contributed by atoms with E-state index in [1.807, 2.05) is 28.0 Å². The van der Waals surface area contributed by atoms with E-state index in [0.717, 1.165) is 38.8 Å². The third-order valence-corrected chi connectivity index (χ3v) is 6.64. The number of amides is 2. The van der Waals surface area contributed by atoms with Gasteiger partial charge in [-0.1, -0.05) is 25.0 Å². The maximum absolute atomic E-state index is 13.0. The van der Waals surface area contributed by atoms with E-state index in [9.17, 15) is 14.4 Å². The summed E-state index contributed by atoms with van der Waals surface area (Å²) in [4.78, 5) is 47.1. The monoisotopic (exact) mass is 424 g/mol. The Morgan fingerprint density at radius 3 is 2.48 bits per heavy atom. The summed E-state index contributed by atoms with van der Waals surface area (Å²) in [5, 5.41) is 0.571. The Kier molecular flexibility index (Phi) is 6.68. The maximum Gasteiger partial charge on any atom is 0.261 e. The summed E-state index contributed by atoms with van der Waals surface area (Å²) in [6.45, 7) is 4.99. The van der Waals surface area contributed by atoms with Crippen molar-refractivity contribution in [1.82, 2.24) is 19.4 Å². The molecule has 31 heavy (non-hydrogen) atoms. The summed E-state index contributed by atoms with van der Waals surface area (Å²) < 4.78 is 1.59. The van der Waals surface area contributed by atoms with Crippen LogP contribution in [0.1, 0.15) is 50.8 Å². The Labute approximate surface area is 183 Å². The van der Waals surface area contributed by atoms with Crippen LogP contribution in [0.2, 0.25) is 0 Å². The molecule has 1 aromatic heterocycles. The number of benzene rings is 1. The van der Waals surface area contributed by atoms with Crippen molar-refractivity contribution in [2.24, 2.45) is 5.92 Å². The van der Waals surface area contributed by atoms with Crippen molar-refractivity contribution in [3.63, 3.8) is 0 Å². The van der Waals surface area contributed by atoms with Gasteiger partial charge in [-0.15, -0.1) is 0 Å². The molecule has 2 saturated heterocycles. The lowest BCUT2D eigenvalue weighted by Crippen LogP contribution is -2.47. The average molecular weight is 425 g/mol. The minimum absolute atomic E-state index is 0.00725. The summed E-state index contributed by atoms with van der Waals surface area (Å²) in [5.41, 5.74) is 0.572. The quantitative estimate of drug-likeness (QED) is 0.756. The second-order valence-corrected chi connectivity index (χ2v) is 8.80. The lowest BCUT2D eigenvalue weighted by molar-refractivity contribution is -0.141. The lowest BCUT2D eigenvalue weighted by Gasteiger charge is -2.35. The van der Waals surface area contributed by atoms with Crippen molar-refractivity contribution in [2.45, 2.75) is 58.4 Å². The molecule has 0 unspecified atom stereocenters. The molecule has 166 valence electrons. The number of fused-ring (bicyclic) bond motifs is 1. The molecule has 7 heteroatoms. The van der Waals surface area contributed by atoms with Crippen molar-refractivity contribution in [2.75, 3.05) is 26.2 Å². The number of para-hydroxylation sites is 1. The average Bonchev–Trinajstić information content (AvgIpc) is 3.08. The van der Waals surface area contributed by atoms with E-state index in [1.54, 1.807) is 17.6 Å². The van der Waals surface area contributed by atoms with Gasteiger partial charge in [0.1, 0.15) is 5.82 Å². The largest absolute Gasteiger partial charge is 0.342 e. The molecule has 0 bridgehead atoms. The van der Waals surface area contributed by atoms with Crippen molar-refractivity contribution >= 4 is 22.7 Å². The maximum atomic E-state index is 13.0. The fourth-order valence-electron chi connectivity index (χ4n) is 4.86. The summed E-state index contributed by atoms with van der Waals surface area (Å²) in [6, 6.07) is 7.29. The molecule has 1 atom stereocenters. The number of likely N-dealkylation sites (tertiary alicyclic amines) is 2. The molecule has 7 nitrogen and oxygen atoms in total. The number of aryl methyl sites for hydroxylation is 1. The molecule has 4 rings (SSSR count). The number of hydrogen-bond donors (Lipinski definition) is 0. The summed E-state index contributed by atoms with van der Waals surface area (Å²) in [5.74, 6) is 0.741. The highest BCUT2D eigenvalue weighted by Crippen LogP contribution is 2.22. The second-order valence-electron chi connectivity index (χ2n) is 8.80. The van der Waals surface area contributed by atoms with Crippen LogP contribution in [0.5, 0.6) is 0 Å². The Balaban J connectivity index is 1.39. The molecule has 0 spiro atoms. The minimum atomic E-state index is -0.108. The Morgan fingerprint density at radius 2 is 1.71 bits per heavy atom. The van der Waals surface area contributed by atoms with Gasteiger partial charge in [0.05, 0.1) is 16.8 Å². The molecular formula is C24H32N4O3. The fourth-order valence-corrected chi connectivity index (χ4v) is 4.86. The van der Waals surface area contributed by atoms with Gasteiger partial charge < -0.3 is 9.80 Å². The van der Waals surface area contributed by atoms with E-state index in [1.165, 1.54) is 12.8 Å².